The molecule has 0 saturated heterocycles. The first kappa shape index (κ1) is 17.0. The van der Waals surface area contributed by atoms with Gasteiger partial charge in [0.2, 0.25) is 5.91 Å². The number of aromatic nitrogens is 2. The highest BCUT2D eigenvalue weighted by molar-refractivity contribution is 5.90. The smallest absolute Gasteiger partial charge is 0.396 e. The Labute approximate surface area is 130 Å². The molecule has 5 nitrogen and oxygen atoms in total. The van der Waals surface area contributed by atoms with Crippen LogP contribution in [0.15, 0.2) is 30.5 Å². The highest BCUT2D eigenvalue weighted by Gasteiger charge is 2.37. The average Bonchev–Trinajstić information content (AvgIpc) is 2.84. The van der Waals surface area contributed by atoms with Crippen molar-refractivity contribution in [1.82, 2.24) is 9.78 Å². The van der Waals surface area contributed by atoms with Gasteiger partial charge in [-0.05, 0) is 25.5 Å². The van der Waals surface area contributed by atoms with Crippen molar-refractivity contribution in [1.29, 1.82) is 0 Å². The Morgan fingerprint density at radius 3 is 2.52 bits per heavy atom. The predicted octanol–water partition coefficient (Wildman–Crippen LogP) is 2.38. The lowest BCUT2D eigenvalue weighted by Crippen LogP contribution is -2.19. The fourth-order valence-corrected chi connectivity index (χ4v) is 2.07. The van der Waals surface area contributed by atoms with Crippen molar-refractivity contribution in [3.05, 3.63) is 47.3 Å². The number of anilines is 1. The normalized spacial score (nSPS) is 11.5. The van der Waals surface area contributed by atoms with Gasteiger partial charge >= 0.3 is 6.18 Å². The number of amides is 1. The summed E-state index contributed by atoms with van der Waals surface area (Å²) in [5.74, 6) is -0.486. The van der Waals surface area contributed by atoms with Gasteiger partial charge in [-0.25, -0.2) is 0 Å². The second-order valence-electron chi connectivity index (χ2n) is 5.09. The number of carbonyl (C=O) groups is 1. The molecule has 0 atom stereocenters. The molecule has 0 aliphatic rings. The van der Waals surface area contributed by atoms with Gasteiger partial charge in [-0.15, -0.1) is 0 Å². The average molecular weight is 327 g/mol. The second kappa shape index (κ2) is 6.82. The number of carbonyl (C=O) groups excluding carboxylic acids is 1. The maximum atomic E-state index is 12.8. The highest BCUT2D eigenvalue weighted by atomic mass is 19.4. The number of aliphatic hydroxyl groups is 1. The van der Waals surface area contributed by atoms with Gasteiger partial charge in [-0.1, -0.05) is 17.7 Å². The number of alkyl halides is 3. The van der Waals surface area contributed by atoms with Crippen molar-refractivity contribution >= 4 is 11.6 Å². The van der Waals surface area contributed by atoms with Gasteiger partial charge in [0.25, 0.3) is 0 Å². The fourth-order valence-electron chi connectivity index (χ4n) is 2.07. The van der Waals surface area contributed by atoms with Gasteiger partial charge in [0.1, 0.15) is 6.54 Å². The van der Waals surface area contributed by atoms with Gasteiger partial charge in [-0.2, -0.15) is 18.3 Å². The standard InChI is InChI=1S/C15H16F3N3O2/c1-10-2-4-12(5-3-10)19-13(23)9-21-8-11(6-7-22)14(20-21)15(16,17)18/h2-5,8,22H,6-7,9H2,1H3,(H,19,23). The summed E-state index contributed by atoms with van der Waals surface area (Å²) in [4.78, 5) is 11.9. The van der Waals surface area contributed by atoms with Crippen LogP contribution in [0.3, 0.4) is 0 Å². The molecular weight excluding hydrogens is 311 g/mol. The molecular formula is C15H16F3N3O2. The number of hydrogen-bond donors (Lipinski definition) is 2. The van der Waals surface area contributed by atoms with Crippen LogP contribution in [0.4, 0.5) is 18.9 Å². The molecule has 0 radical (unpaired) electrons. The lowest BCUT2D eigenvalue weighted by Gasteiger charge is -2.06. The van der Waals surface area contributed by atoms with Crippen molar-refractivity contribution in [2.24, 2.45) is 0 Å². The van der Waals surface area contributed by atoms with E-state index in [1.54, 1.807) is 12.1 Å². The third kappa shape index (κ3) is 4.56. The number of halogens is 3. The Kier molecular flexibility index (Phi) is 5.05. The SMILES string of the molecule is Cc1ccc(NC(=O)Cn2cc(CCO)c(C(F)(F)F)n2)cc1. The predicted molar refractivity (Wildman–Crippen MR) is 77.8 cm³/mol. The van der Waals surface area contributed by atoms with Crippen LogP contribution >= 0.6 is 0 Å². The zero-order chi connectivity index (χ0) is 17.0. The molecule has 8 heteroatoms. The maximum Gasteiger partial charge on any atom is 0.435 e. The number of hydrogen-bond acceptors (Lipinski definition) is 3. The van der Waals surface area contributed by atoms with Gasteiger partial charge in [0.05, 0.1) is 0 Å². The van der Waals surface area contributed by atoms with E-state index in [0.29, 0.717) is 5.69 Å². The van der Waals surface area contributed by atoms with Crippen molar-refractivity contribution in [3.8, 4) is 0 Å². The highest BCUT2D eigenvalue weighted by Crippen LogP contribution is 2.30. The molecule has 0 fully saturated rings. The maximum absolute atomic E-state index is 12.8. The second-order valence-corrected chi connectivity index (χ2v) is 5.09. The number of rotatable bonds is 5. The molecule has 0 aliphatic carbocycles. The van der Waals surface area contributed by atoms with Gasteiger partial charge in [0.15, 0.2) is 5.69 Å². The first-order valence-electron chi connectivity index (χ1n) is 6.90. The Bertz CT molecular complexity index is 678. The van der Waals surface area contributed by atoms with Gasteiger partial charge in [-0.3, -0.25) is 9.48 Å². The van der Waals surface area contributed by atoms with Crippen LogP contribution in [0.25, 0.3) is 0 Å². The fraction of sp³-hybridized carbons (Fsp3) is 0.333. The van der Waals surface area contributed by atoms with Crippen LogP contribution in [0.2, 0.25) is 0 Å². The first-order valence-corrected chi connectivity index (χ1v) is 6.90. The summed E-state index contributed by atoms with van der Waals surface area (Å²) in [7, 11) is 0. The van der Waals surface area contributed by atoms with Crippen LogP contribution in [-0.2, 0) is 23.9 Å². The molecule has 1 aromatic heterocycles. The third-order valence-electron chi connectivity index (χ3n) is 3.13. The van der Waals surface area contributed by atoms with E-state index in [1.165, 1.54) is 0 Å². The van der Waals surface area contributed by atoms with E-state index in [0.717, 1.165) is 16.4 Å². The summed E-state index contributed by atoms with van der Waals surface area (Å²) in [5.41, 5.74) is 0.371. The van der Waals surface area contributed by atoms with E-state index in [9.17, 15) is 18.0 Å². The zero-order valence-electron chi connectivity index (χ0n) is 12.4. The Morgan fingerprint density at radius 1 is 1.30 bits per heavy atom. The van der Waals surface area contributed by atoms with E-state index < -0.39 is 24.4 Å². The number of nitrogens with zero attached hydrogens (tertiary/aromatic N) is 2. The molecule has 0 saturated carbocycles. The number of aliphatic hydroxyl groups excluding tert-OH is 1. The van der Waals surface area contributed by atoms with Crippen molar-refractivity contribution in [2.75, 3.05) is 11.9 Å². The summed E-state index contributed by atoms with van der Waals surface area (Å²) in [6, 6.07) is 7.03. The summed E-state index contributed by atoms with van der Waals surface area (Å²) in [6.45, 7) is 1.13. The minimum absolute atomic E-state index is 0.136. The minimum Gasteiger partial charge on any atom is -0.396 e. The lowest BCUT2D eigenvalue weighted by molar-refractivity contribution is -0.142. The van der Waals surface area contributed by atoms with Crippen LogP contribution in [0, 0.1) is 6.92 Å². The Balaban J connectivity index is 2.10. The van der Waals surface area contributed by atoms with E-state index in [2.05, 4.69) is 10.4 Å². The number of nitrogens with one attached hydrogen (secondary N) is 1. The molecule has 23 heavy (non-hydrogen) atoms. The number of aryl methyl sites for hydroxylation is 1. The van der Waals surface area contributed by atoms with E-state index >= 15 is 0 Å². The lowest BCUT2D eigenvalue weighted by atomic mass is 10.2. The van der Waals surface area contributed by atoms with Crippen molar-refractivity contribution in [2.45, 2.75) is 26.1 Å². The Morgan fingerprint density at radius 2 is 1.96 bits per heavy atom. The zero-order valence-corrected chi connectivity index (χ0v) is 12.4. The topological polar surface area (TPSA) is 67.2 Å². The third-order valence-corrected chi connectivity index (χ3v) is 3.13. The molecule has 0 unspecified atom stereocenters. The molecule has 0 spiro atoms. The van der Waals surface area contributed by atoms with Crippen LogP contribution < -0.4 is 5.32 Å². The molecule has 124 valence electrons. The molecule has 1 aromatic carbocycles. The summed E-state index contributed by atoms with van der Waals surface area (Å²) >= 11 is 0. The summed E-state index contributed by atoms with van der Waals surface area (Å²) < 4.78 is 39.5. The number of benzene rings is 1. The monoisotopic (exact) mass is 327 g/mol. The van der Waals surface area contributed by atoms with Crippen LogP contribution in [0.1, 0.15) is 16.8 Å². The van der Waals surface area contributed by atoms with Gasteiger partial charge < -0.3 is 10.4 Å². The molecule has 2 rings (SSSR count). The summed E-state index contributed by atoms with van der Waals surface area (Å²) in [6.07, 6.45) is -3.66. The summed E-state index contributed by atoms with van der Waals surface area (Å²) in [5, 5.41) is 14.8. The van der Waals surface area contributed by atoms with Gasteiger partial charge in [0, 0.05) is 24.1 Å². The molecule has 1 heterocycles. The largest absolute Gasteiger partial charge is 0.435 e. The first-order chi connectivity index (χ1) is 10.8. The molecule has 2 N–H and O–H groups in total. The quantitative estimate of drug-likeness (QED) is 0.886. The van der Waals surface area contributed by atoms with Crippen LogP contribution in [0.5, 0.6) is 0 Å². The van der Waals surface area contributed by atoms with Crippen LogP contribution in [-0.4, -0.2) is 27.4 Å². The molecule has 2 aromatic rings. The Hall–Kier alpha value is -2.35. The molecule has 1 amide bonds. The molecule has 0 aliphatic heterocycles. The minimum atomic E-state index is -4.62. The van der Waals surface area contributed by atoms with E-state index in [1.807, 2.05) is 19.1 Å². The van der Waals surface area contributed by atoms with Crippen molar-refractivity contribution in [3.63, 3.8) is 0 Å². The van der Waals surface area contributed by atoms with E-state index in [4.69, 9.17) is 5.11 Å². The molecule has 0 bridgehead atoms. The van der Waals surface area contributed by atoms with Crippen molar-refractivity contribution < 1.29 is 23.1 Å². The van der Waals surface area contributed by atoms with E-state index in [-0.39, 0.29) is 18.5 Å².